The zero-order valence-corrected chi connectivity index (χ0v) is 18.0. The molecule has 30 heavy (non-hydrogen) atoms. The molecule has 0 spiro atoms. The first-order valence-corrected chi connectivity index (χ1v) is 11.2. The van der Waals surface area contributed by atoms with Gasteiger partial charge in [-0.1, -0.05) is 35.9 Å². The fraction of sp³-hybridized carbons (Fsp3) is 0.333. The minimum absolute atomic E-state index is 0.0111. The van der Waals surface area contributed by atoms with Crippen molar-refractivity contribution in [3.05, 3.63) is 64.7 Å². The molecule has 160 valence electrons. The highest BCUT2D eigenvalue weighted by Gasteiger charge is 2.34. The van der Waals surface area contributed by atoms with E-state index in [1.807, 2.05) is 6.07 Å². The third kappa shape index (κ3) is 5.00. The Kier molecular flexibility index (Phi) is 7.12. The topological polar surface area (TPSA) is 90.0 Å². The van der Waals surface area contributed by atoms with Crippen LogP contribution in [0.4, 0.5) is 0 Å². The number of piperidine rings is 1. The summed E-state index contributed by atoms with van der Waals surface area (Å²) in [5.74, 6) is -1.46. The Morgan fingerprint density at radius 3 is 2.47 bits per heavy atom. The predicted molar refractivity (Wildman–Crippen MR) is 111 cm³/mol. The molecule has 1 heterocycles. The second-order valence-corrected chi connectivity index (χ2v) is 9.25. The number of benzene rings is 2. The van der Waals surface area contributed by atoms with E-state index in [2.05, 4.69) is 4.74 Å². The third-order valence-corrected chi connectivity index (χ3v) is 7.16. The van der Waals surface area contributed by atoms with Gasteiger partial charge in [-0.15, -0.1) is 0 Å². The van der Waals surface area contributed by atoms with E-state index >= 15 is 0 Å². The van der Waals surface area contributed by atoms with E-state index in [-0.39, 0.29) is 42.0 Å². The second kappa shape index (κ2) is 9.59. The minimum atomic E-state index is -3.89. The Hall–Kier alpha value is -2.42. The molecule has 1 fully saturated rings. The lowest BCUT2D eigenvalue weighted by Crippen LogP contribution is -2.41. The number of nitrogens with zero attached hydrogens (tertiary/aromatic N) is 1. The van der Waals surface area contributed by atoms with Crippen LogP contribution >= 0.6 is 11.6 Å². The van der Waals surface area contributed by atoms with Crippen LogP contribution in [-0.2, 0) is 30.9 Å². The number of carbonyl (C=O) groups is 2. The zero-order chi connectivity index (χ0) is 21.7. The molecule has 0 amide bonds. The van der Waals surface area contributed by atoms with E-state index in [4.69, 9.17) is 16.3 Å². The number of sulfonamides is 1. The van der Waals surface area contributed by atoms with Crippen LogP contribution in [0.25, 0.3) is 0 Å². The van der Waals surface area contributed by atoms with Crippen molar-refractivity contribution in [3.8, 4) is 0 Å². The summed E-state index contributed by atoms with van der Waals surface area (Å²) in [5.41, 5.74) is 0.776. The largest absolute Gasteiger partial charge is 0.465 e. The Labute approximate surface area is 180 Å². The lowest BCUT2D eigenvalue weighted by atomic mass is 9.98. The van der Waals surface area contributed by atoms with Gasteiger partial charge in [-0.25, -0.2) is 13.2 Å². The van der Waals surface area contributed by atoms with Crippen LogP contribution < -0.4 is 0 Å². The van der Waals surface area contributed by atoms with Gasteiger partial charge >= 0.3 is 11.9 Å². The number of hydrogen-bond donors (Lipinski definition) is 0. The van der Waals surface area contributed by atoms with Crippen LogP contribution in [-0.4, -0.2) is 44.9 Å². The summed E-state index contributed by atoms with van der Waals surface area (Å²) in [6.45, 7) is 0.438. The summed E-state index contributed by atoms with van der Waals surface area (Å²) in [7, 11) is -2.69. The van der Waals surface area contributed by atoms with Crippen molar-refractivity contribution in [3.63, 3.8) is 0 Å². The van der Waals surface area contributed by atoms with Gasteiger partial charge in [0.15, 0.2) is 0 Å². The smallest absolute Gasteiger partial charge is 0.339 e. The molecule has 7 nitrogen and oxygen atoms in total. The van der Waals surface area contributed by atoms with Crippen molar-refractivity contribution in [1.29, 1.82) is 0 Å². The Balaban J connectivity index is 1.62. The normalized spacial score (nSPS) is 15.5. The van der Waals surface area contributed by atoms with Crippen LogP contribution in [0.2, 0.25) is 5.02 Å². The summed E-state index contributed by atoms with van der Waals surface area (Å²) in [6.07, 6.45) is 0.683. The predicted octanol–water partition coefficient (Wildman–Crippen LogP) is 3.27. The second-order valence-electron chi connectivity index (χ2n) is 6.90. The highest BCUT2D eigenvalue weighted by atomic mass is 35.5. The fourth-order valence-electron chi connectivity index (χ4n) is 3.34. The van der Waals surface area contributed by atoms with Crippen molar-refractivity contribution in [2.75, 3.05) is 20.2 Å². The number of ether oxygens (including phenoxy) is 2. The average Bonchev–Trinajstić information content (AvgIpc) is 2.77. The first-order valence-electron chi connectivity index (χ1n) is 9.41. The lowest BCUT2D eigenvalue weighted by Gasteiger charge is -2.30. The quantitative estimate of drug-likeness (QED) is 0.626. The van der Waals surface area contributed by atoms with Crippen LogP contribution in [0.3, 0.4) is 0 Å². The maximum atomic E-state index is 13.0. The van der Waals surface area contributed by atoms with E-state index in [9.17, 15) is 18.0 Å². The number of carbonyl (C=O) groups excluding carboxylic acids is 2. The molecule has 2 aromatic carbocycles. The van der Waals surface area contributed by atoms with Gasteiger partial charge in [0.25, 0.3) is 0 Å². The molecule has 0 aliphatic carbocycles. The molecule has 1 aliphatic heterocycles. The molecule has 1 saturated heterocycles. The summed E-state index contributed by atoms with van der Waals surface area (Å²) < 4.78 is 37.4. The van der Waals surface area contributed by atoms with Crippen molar-refractivity contribution in [2.24, 2.45) is 5.92 Å². The summed E-state index contributed by atoms with van der Waals surface area (Å²) in [4.78, 5) is 24.2. The molecular weight excluding hydrogens is 430 g/mol. The van der Waals surface area contributed by atoms with Gasteiger partial charge in [0.05, 0.1) is 23.5 Å². The number of halogens is 1. The number of rotatable bonds is 6. The van der Waals surface area contributed by atoms with Crippen molar-refractivity contribution >= 4 is 33.6 Å². The van der Waals surface area contributed by atoms with Gasteiger partial charge in [-0.2, -0.15) is 4.31 Å². The first kappa shape index (κ1) is 22.3. The van der Waals surface area contributed by atoms with Crippen LogP contribution in [0.1, 0.15) is 28.8 Å². The monoisotopic (exact) mass is 451 g/mol. The van der Waals surface area contributed by atoms with E-state index in [1.165, 1.54) is 23.5 Å². The molecule has 0 atom stereocenters. The Morgan fingerprint density at radius 2 is 1.80 bits per heavy atom. The van der Waals surface area contributed by atoms with E-state index in [0.29, 0.717) is 17.9 Å². The maximum absolute atomic E-state index is 13.0. The molecule has 0 bridgehead atoms. The summed E-state index contributed by atoms with van der Waals surface area (Å²) in [5, 5.41) is 0.564. The third-order valence-electron chi connectivity index (χ3n) is 4.97. The van der Waals surface area contributed by atoms with Crippen molar-refractivity contribution < 1.29 is 27.5 Å². The molecule has 2 aromatic rings. The highest BCUT2D eigenvalue weighted by Crippen LogP contribution is 2.27. The fourth-order valence-corrected chi connectivity index (χ4v) is 5.20. The number of hydrogen-bond acceptors (Lipinski definition) is 6. The van der Waals surface area contributed by atoms with E-state index in [0.717, 1.165) is 5.56 Å². The number of esters is 2. The first-order chi connectivity index (χ1) is 14.3. The standard InChI is InChI=1S/C21H22ClNO6S/c1-28-21(25)18-7-2-3-8-19(18)30(26,27)23-11-9-16(10-12-23)20(24)29-14-15-5-4-6-17(22)13-15/h2-8,13,16H,9-12,14H2,1H3. The maximum Gasteiger partial charge on any atom is 0.339 e. The molecule has 1 aliphatic rings. The van der Waals surface area contributed by atoms with Crippen molar-refractivity contribution in [1.82, 2.24) is 4.31 Å². The van der Waals surface area contributed by atoms with Gasteiger partial charge < -0.3 is 9.47 Å². The molecule has 3 rings (SSSR count). The van der Waals surface area contributed by atoms with Gasteiger partial charge in [-0.3, -0.25) is 4.79 Å². The zero-order valence-electron chi connectivity index (χ0n) is 16.4. The van der Waals surface area contributed by atoms with Gasteiger partial charge in [-0.05, 0) is 42.7 Å². The van der Waals surface area contributed by atoms with E-state index in [1.54, 1.807) is 30.3 Å². The Bertz CT molecular complexity index is 1030. The average molecular weight is 452 g/mol. The van der Waals surface area contributed by atoms with Crippen LogP contribution in [0.15, 0.2) is 53.4 Å². The molecule has 0 unspecified atom stereocenters. The van der Waals surface area contributed by atoms with Crippen molar-refractivity contribution in [2.45, 2.75) is 24.3 Å². The van der Waals surface area contributed by atoms with Crippen LogP contribution in [0, 0.1) is 5.92 Å². The van der Waals surface area contributed by atoms with E-state index < -0.39 is 16.0 Å². The highest BCUT2D eigenvalue weighted by molar-refractivity contribution is 7.89. The SMILES string of the molecule is COC(=O)c1ccccc1S(=O)(=O)N1CCC(C(=O)OCc2cccc(Cl)c2)CC1. The summed E-state index contributed by atoms with van der Waals surface area (Å²) in [6, 6.07) is 13.0. The number of methoxy groups -OCH3 is 1. The molecule has 0 saturated carbocycles. The summed E-state index contributed by atoms with van der Waals surface area (Å²) >= 11 is 5.93. The molecule has 0 aromatic heterocycles. The minimum Gasteiger partial charge on any atom is -0.465 e. The Morgan fingerprint density at radius 1 is 1.10 bits per heavy atom. The molecule has 0 N–H and O–H groups in total. The lowest BCUT2D eigenvalue weighted by molar-refractivity contribution is -0.151. The molecule has 0 radical (unpaired) electrons. The van der Waals surface area contributed by atoms with Gasteiger partial charge in [0.2, 0.25) is 10.0 Å². The molecule has 9 heteroatoms. The van der Waals surface area contributed by atoms with Crippen LogP contribution in [0.5, 0.6) is 0 Å². The van der Waals surface area contributed by atoms with Gasteiger partial charge in [0.1, 0.15) is 6.61 Å². The molecular formula is C21H22ClNO6S. The van der Waals surface area contributed by atoms with Gasteiger partial charge in [0, 0.05) is 18.1 Å².